The predicted molar refractivity (Wildman–Crippen MR) is 129 cm³/mol. The number of hydrogen-bond acceptors (Lipinski definition) is 3. The lowest BCUT2D eigenvalue weighted by atomic mass is 10.1. The number of halogens is 1. The van der Waals surface area contributed by atoms with Crippen LogP contribution in [0.25, 0.3) is 11.4 Å². The van der Waals surface area contributed by atoms with E-state index in [4.69, 9.17) is 4.98 Å². The molecule has 1 amide bonds. The van der Waals surface area contributed by atoms with Crippen LogP contribution in [-0.2, 0) is 13.0 Å². The van der Waals surface area contributed by atoms with Crippen molar-refractivity contribution in [2.45, 2.75) is 46.1 Å². The van der Waals surface area contributed by atoms with E-state index in [1.807, 2.05) is 11.0 Å². The fourth-order valence-electron chi connectivity index (χ4n) is 5.10. The van der Waals surface area contributed by atoms with Gasteiger partial charge in [-0.25, -0.2) is 9.37 Å². The molecule has 1 aromatic heterocycles. The number of rotatable bonds is 3. The minimum atomic E-state index is -0.283. The number of imidazole rings is 1. The third kappa shape index (κ3) is 4.26. The summed E-state index contributed by atoms with van der Waals surface area (Å²) in [5, 5.41) is 0. The van der Waals surface area contributed by atoms with Gasteiger partial charge in [0.25, 0.3) is 5.91 Å². The van der Waals surface area contributed by atoms with Crippen molar-refractivity contribution in [1.29, 1.82) is 0 Å². The van der Waals surface area contributed by atoms with Crippen molar-refractivity contribution in [1.82, 2.24) is 14.5 Å². The number of anilines is 1. The van der Waals surface area contributed by atoms with Crippen molar-refractivity contribution >= 4 is 11.6 Å². The summed E-state index contributed by atoms with van der Waals surface area (Å²) in [6.07, 6.45) is 4.07. The molecular formula is C27H31FN4O. The van der Waals surface area contributed by atoms with Gasteiger partial charge in [0.15, 0.2) is 0 Å². The van der Waals surface area contributed by atoms with Crippen LogP contribution in [0.4, 0.5) is 10.1 Å². The van der Waals surface area contributed by atoms with Crippen molar-refractivity contribution in [2.75, 3.05) is 31.1 Å². The van der Waals surface area contributed by atoms with Crippen molar-refractivity contribution in [3.05, 3.63) is 70.8 Å². The third-order valence-corrected chi connectivity index (χ3v) is 6.93. The molecule has 2 aliphatic heterocycles. The van der Waals surface area contributed by atoms with Crippen LogP contribution >= 0.6 is 0 Å². The molecule has 3 heterocycles. The molecule has 0 radical (unpaired) electrons. The van der Waals surface area contributed by atoms with Gasteiger partial charge in [-0.15, -0.1) is 0 Å². The Morgan fingerprint density at radius 3 is 2.55 bits per heavy atom. The Kier molecular flexibility index (Phi) is 5.92. The molecular weight excluding hydrogens is 415 g/mol. The van der Waals surface area contributed by atoms with Crippen LogP contribution in [0.2, 0.25) is 0 Å². The molecule has 0 aliphatic carbocycles. The van der Waals surface area contributed by atoms with E-state index in [0.717, 1.165) is 56.6 Å². The molecule has 1 saturated heterocycles. The van der Waals surface area contributed by atoms with Crippen molar-refractivity contribution in [3.63, 3.8) is 0 Å². The fraction of sp³-hybridized carbons (Fsp3) is 0.407. The zero-order valence-electron chi connectivity index (χ0n) is 19.5. The number of fused-ring (bicyclic) bond motifs is 1. The Labute approximate surface area is 194 Å². The van der Waals surface area contributed by atoms with Gasteiger partial charge >= 0.3 is 0 Å². The van der Waals surface area contributed by atoms with Gasteiger partial charge in [-0.05, 0) is 62.4 Å². The molecule has 2 aromatic carbocycles. The van der Waals surface area contributed by atoms with Gasteiger partial charge < -0.3 is 14.4 Å². The first kappa shape index (κ1) is 21.7. The predicted octanol–water partition coefficient (Wildman–Crippen LogP) is 4.99. The SMILES string of the molecule is Cc1ccc(C)c(N2CCN(C(=O)c3nc(-c4cccc(F)c4)n4c3CCCCC4)CC2)c1. The van der Waals surface area contributed by atoms with Gasteiger partial charge in [0.2, 0.25) is 0 Å². The summed E-state index contributed by atoms with van der Waals surface area (Å²) in [6.45, 7) is 8.04. The molecule has 0 saturated carbocycles. The highest BCUT2D eigenvalue weighted by molar-refractivity contribution is 5.94. The zero-order valence-corrected chi connectivity index (χ0v) is 19.5. The van der Waals surface area contributed by atoms with Gasteiger partial charge in [-0.3, -0.25) is 4.79 Å². The first-order chi connectivity index (χ1) is 16.0. The Morgan fingerprint density at radius 2 is 1.76 bits per heavy atom. The number of aryl methyl sites for hydroxylation is 2. The number of aromatic nitrogens is 2. The van der Waals surface area contributed by atoms with Crippen LogP contribution in [0.3, 0.4) is 0 Å². The topological polar surface area (TPSA) is 41.4 Å². The lowest BCUT2D eigenvalue weighted by Gasteiger charge is -2.36. The molecule has 0 bridgehead atoms. The van der Waals surface area contributed by atoms with Crippen molar-refractivity contribution in [3.8, 4) is 11.4 Å². The molecule has 33 heavy (non-hydrogen) atoms. The lowest BCUT2D eigenvalue weighted by molar-refractivity contribution is 0.0740. The molecule has 0 spiro atoms. The molecule has 5 rings (SSSR count). The highest BCUT2D eigenvalue weighted by atomic mass is 19.1. The van der Waals surface area contributed by atoms with Crippen molar-refractivity contribution < 1.29 is 9.18 Å². The third-order valence-electron chi connectivity index (χ3n) is 6.93. The molecule has 1 fully saturated rings. The van der Waals surface area contributed by atoms with Crippen LogP contribution in [0.15, 0.2) is 42.5 Å². The maximum absolute atomic E-state index is 13.9. The van der Waals surface area contributed by atoms with Crippen LogP contribution in [0.1, 0.15) is 46.6 Å². The largest absolute Gasteiger partial charge is 0.368 e. The number of carbonyl (C=O) groups excluding carboxylic acids is 1. The Hall–Kier alpha value is -3.15. The molecule has 5 nitrogen and oxygen atoms in total. The number of amides is 1. The fourth-order valence-corrected chi connectivity index (χ4v) is 5.10. The van der Waals surface area contributed by atoms with E-state index in [2.05, 4.69) is 41.5 Å². The standard InChI is InChI=1S/C27H31FN4O/c1-19-10-11-20(2)24(17-19)30-13-15-31(16-14-30)27(33)25-23-9-4-3-5-12-32(23)26(29-25)21-7-6-8-22(28)18-21/h6-8,10-11,17-18H,3-5,9,12-16H2,1-2H3. The van der Waals surface area contributed by atoms with Crippen LogP contribution < -0.4 is 4.90 Å². The van der Waals surface area contributed by atoms with Gasteiger partial charge in [-0.2, -0.15) is 0 Å². The second-order valence-electron chi connectivity index (χ2n) is 9.27. The minimum absolute atomic E-state index is 0.00363. The number of benzene rings is 2. The first-order valence-electron chi connectivity index (χ1n) is 12.0. The summed E-state index contributed by atoms with van der Waals surface area (Å²) in [7, 11) is 0. The highest BCUT2D eigenvalue weighted by Crippen LogP contribution is 2.29. The van der Waals surface area contributed by atoms with E-state index < -0.39 is 0 Å². The zero-order chi connectivity index (χ0) is 22.9. The summed E-state index contributed by atoms with van der Waals surface area (Å²) in [4.78, 5) is 22.7. The van der Waals surface area contributed by atoms with Gasteiger partial charge in [0.1, 0.15) is 17.3 Å². The van der Waals surface area contributed by atoms with E-state index in [1.165, 1.54) is 28.9 Å². The second-order valence-corrected chi connectivity index (χ2v) is 9.27. The molecule has 6 heteroatoms. The smallest absolute Gasteiger partial charge is 0.274 e. The maximum atomic E-state index is 13.9. The van der Waals surface area contributed by atoms with Gasteiger partial charge in [-0.1, -0.05) is 30.7 Å². The van der Waals surface area contributed by atoms with E-state index in [-0.39, 0.29) is 11.7 Å². The van der Waals surface area contributed by atoms with Crippen LogP contribution in [-0.4, -0.2) is 46.5 Å². The van der Waals surface area contributed by atoms with E-state index in [0.29, 0.717) is 24.6 Å². The monoisotopic (exact) mass is 446 g/mol. The summed E-state index contributed by atoms with van der Waals surface area (Å²) in [5.74, 6) is 0.432. The first-order valence-corrected chi connectivity index (χ1v) is 12.0. The molecule has 2 aliphatic rings. The summed E-state index contributed by atoms with van der Waals surface area (Å²) >= 11 is 0. The number of carbonyl (C=O) groups is 1. The molecule has 0 atom stereocenters. The maximum Gasteiger partial charge on any atom is 0.274 e. The average Bonchev–Trinajstić information content (AvgIpc) is 3.01. The molecule has 172 valence electrons. The molecule has 3 aromatic rings. The summed E-state index contributed by atoms with van der Waals surface area (Å²) in [5.41, 5.74) is 6.06. The second kappa shape index (κ2) is 9.00. The summed E-state index contributed by atoms with van der Waals surface area (Å²) in [6, 6.07) is 13.1. The van der Waals surface area contributed by atoms with Crippen LogP contribution in [0.5, 0.6) is 0 Å². The van der Waals surface area contributed by atoms with E-state index in [9.17, 15) is 9.18 Å². The Morgan fingerprint density at radius 1 is 0.939 bits per heavy atom. The molecule has 0 N–H and O–H groups in total. The Balaban J connectivity index is 1.40. The normalized spacial score (nSPS) is 16.5. The Bertz CT molecular complexity index is 1180. The molecule has 0 unspecified atom stereocenters. The minimum Gasteiger partial charge on any atom is -0.368 e. The van der Waals surface area contributed by atoms with E-state index in [1.54, 1.807) is 6.07 Å². The van der Waals surface area contributed by atoms with Gasteiger partial charge in [0, 0.05) is 44.0 Å². The average molecular weight is 447 g/mol. The van der Waals surface area contributed by atoms with E-state index >= 15 is 0 Å². The highest BCUT2D eigenvalue weighted by Gasteiger charge is 2.30. The van der Waals surface area contributed by atoms with Crippen LogP contribution in [0, 0.1) is 19.7 Å². The quantitative estimate of drug-likeness (QED) is 0.569. The van der Waals surface area contributed by atoms with Gasteiger partial charge in [0.05, 0.1) is 5.69 Å². The van der Waals surface area contributed by atoms with Crippen molar-refractivity contribution in [2.24, 2.45) is 0 Å². The number of hydrogen-bond donors (Lipinski definition) is 0. The number of piperazine rings is 1. The summed E-state index contributed by atoms with van der Waals surface area (Å²) < 4.78 is 16.1. The lowest BCUT2D eigenvalue weighted by Crippen LogP contribution is -2.49. The number of nitrogens with zero attached hydrogens (tertiary/aromatic N) is 4.